The Bertz CT molecular complexity index is 401. The number of unbranched alkanes of at least 4 members (excludes halogenated alkanes) is 2. The number of hydrogen-bond acceptors (Lipinski definition) is 5. The van der Waals surface area contributed by atoms with Crippen molar-refractivity contribution in [2.24, 2.45) is 16.3 Å². The topological polar surface area (TPSA) is 137 Å². The van der Waals surface area contributed by atoms with Gasteiger partial charge < -0.3 is 21.7 Å². The Hall–Kier alpha value is -0.470. The molecule has 0 fully saturated rings. The first-order valence-corrected chi connectivity index (χ1v) is 8.12. The molecule has 0 aromatic rings. The minimum atomic E-state index is -1.15. The maximum atomic E-state index is 11.9. The van der Waals surface area contributed by atoms with Gasteiger partial charge in [0.05, 0.1) is 6.02 Å². The summed E-state index contributed by atoms with van der Waals surface area (Å²) in [6.45, 7) is 8.10. The van der Waals surface area contributed by atoms with Crippen LogP contribution >= 0.6 is 0 Å². The van der Waals surface area contributed by atoms with E-state index in [2.05, 4.69) is 17.2 Å². The van der Waals surface area contributed by atoms with Crippen molar-refractivity contribution in [2.45, 2.75) is 66.2 Å². The van der Waals surface area contributed by atoms with Crippen molar-refractivity contribution in [2.75, 3.05) is 6.61 Å². The van der Waals surface area contributed by atoms with Crippen molar-refractivity contribution in [3.63, 3.8) is 0 Å². The number of aliphatic imine (C=N–C) groups is 1. The molecule has 0 aromatic carbocycles. The fourth-order valence-electron chi connectivity index (χ4n) is 2.66. The number of aliphatic hydroxyl groups is 1. The second kappa shape index (κ2) is 14.8. The van der Waals surface area contributed by atoms with Crippen molar-refractivity contribution < 1.29 is 49.4 Å². The van der Waals surface area contributed by atoms with Gasteiger partial charge in [-0.05, 0) is 25.2 Å². The molecule has 1 aliphatic rings. The Labute approximate surface area is 167 Å². The number of aliphatic hydroxyl groups excluding tert-OH is 1. The van der Waals surface area contributed by atoms with Gasteiger partial charge in [-0.25, -0.2) is 4.99 Å². The third-order valence-electron chi connectivity index (χ3n) is 4.09. The zero-order valence-electron chi connectivity index (χ0n) is 15.9. The molecule has 0 aliphatic carbocycles. The number of amidine groups is 1. The van der Waals surface area contributed by atoms with Crippen LogP contribution in [0.25, 0.3) is 0 Å². The van der Waals surface area contributed by atoms with E-state index < -0.39 is 23.3 Å². The van der Waals surface area contributed by atoms with Gasteiger partial charge in [-0.3, -0.25) is 9.59 Å². The van der Waals surface area contributed by atoms with E-state index in [-0.39, 0.29) is 41.6 Å². The zero-order valence-corrected chi connectivity index (χ0v) is 17.9. The van der Waals surface area contributed by atoms with E-state index in [0.717, 1.165) is 25.7 Å². The zero-order chi connectivity index (χ0) is 17.2. The Morgan fingerprint density at radius 3 is 2.12 bits per heavy atom. The molecule has 136 valence electrons. The van der Waals surface area contributed by atoms with E-state index in [1.165, 1.54) is 6.42 Å². The summed E-state index contributed by atoms with van der Waals surface area (Å²) in [6, 6.07) is -0.845. The van der Waals surface area contributed by atoms with Crippen LogP contribution in [0.1, 0.15) is 66.2 Å². The fraction of sp³-hybridized carbons (Fsp3) is 0.812. The fourth-order valence-corrected chi connectivity index (χ4v) is 2.66. The van der Waals surface area contributed by atoms with Gasteiger partial charge in [0.1, 0.15) is 5.41 Å². The molecule has 5 N–H and O–H groups in total. The van der Waals surface area contributed by atoms with Gasteiger partial charge in [0.15, 0.2) is 0 Å². The summed E-state index contributed by atoms with van der Waals surface area (Å²) in [4.78, 5) is 27.1. The summed E-state index contributed by atoms with van der Waals surface area (Å²) in [5.41, 5.74) is -1.15. The largest absolute Gasteiger partial charge is 1.00 e. The monoisotopic (exact) mass is 353 g/mol. The van der Waals surface area contributed by atoms with E-state index in [9.17, 15) is 14.7 Å². The van der Waals surface area contributed by atoms with Gasteiger partial charge in [0.2, 0.25) is 5.91 Å². The van der Waals surface area contributed by atoms with Gasteiger partial charge >= 0.3 is 29.6 Å². The van der Waals surface area contributed by atoms with Crippen LogP contribution in [-0.4, -0.2) is 29.5 Å². The standard InChI is InChI=1S/C11H18N2O3.C5H12O.H3N.Na/c1-4-6-7(3)11(5-2)8(14)12-10(16)13-9(11)15;1-2-3-4-5-6;;/h7H,4-6H2,1-3H3,(H2,12,13,14,15,16);6H,2-5H2,1H3;1H3;/q;;;+1/p-1. The SMILES string of the molecule is CCCC(C)C1(CC)C(=O)N=C([O-])NC1=O.CCCCCO.N.[Na+]. The van der Waals surface area contributed by atoms with Crippen LogP contribution in [0, 0.1) is 11.3 Å². The third-order valence-corrected chi connectivity index (χ3v) is 4.09. The molecule has 0 radical (unpaired) electrons. The number of hydrogen-bond donors (Lipinski definition) is 3. The molecule has 1 rings (SSSR count). The predicted octanol–water partition coefficient (Wildman–Crippen LogP) is -1.47. The smallest absolute Gasteiger partial charge is 0.846 e. The molecule has 2 unspecified atom stereocenters. The van der Waals surface area contributed by atoms with Crippen LogP contribution in [-0.2, 0) is 9.59 Å². The molecule has 24 heavy (non-hydrogen) atoms. The molecular weight excluding hydrogens is 321 g/mol. The minimum absolute atomic E-state index is 0. The summed E-state index contributed by atoms with van der Waals surface area (Å²) in [5.74, 6) is -1.20. The summed E-state index contributed by atoms with van der Waals surface area (Å²) in [6.07, 6.45) is 5.34. The van der Waals surface area contributed by atoms with Crippen molar-refractivity contribution in [1.82, 2.24) is 11.5 Å². The average molecular weight is 353 g/mol. The summed E-state index contributed by atoms with van der Waals surface area (Å²) in [5, 5.41) is 21.3. The minimum Gasteiger partial charge on any atom is -0.846 e. The first kappa shape index (κ1) is 28.3. The molecule has 0 spiro atoms. The Morgan fingerprint density at radius 1 is 1.21 bits per heavy atom. The van der Waals surface area contributed by atoms with Crippen molar-refractivity contribution in [1.29, 1.82) is 0 Å². The molecule has 1 aliphatic heterocycles. The average Bonchev–Trinajstić information content (AvgIpc) is 2.46. The quantitative estimate of drug-likeness (QED) is 0.291. The van der Waals surface area contributed by atoms with Gasteiger partial charge in [0.25, 0.3) is 5.91 Å². The molecule has 0 saturated carbocycles. The van der Waals surface area contributed by atoms with Crippen LogP contribution in [0.2, 0.25) is 0 Å². The molecule has 2 atom stereocenters. The maximum absolute atomic E-state index is 11.9. The molecule has 7 nitrogen and oxygen atoms in total. The number of carbonyl (C=O) groups is 2. The third kappa shape index (κ3) is 7.61. The Kier molecular flexibility index (Phi) is 17.5. The molecule has 0 bridgehead atoms. The second-order valence-electron chi connectivity index (χ2n) is 5.62. The van der Waals surface area contributed by atoms with Crippen LogP contribution in [0.4, 0.5) is 0 Å². The van der Waals surface area contributed by atoms with Gasteiger partial charge in [0, 0.05) is 6.61 Å². The molecule has 2 amide bonds. The first-order valence-electron chi connectivity index (χ1n) is 8.12. The van der Waals surface area contributed by atoms with Gasteiger partial charge in [-0.1, -0.05) is 47.0 Å². The van der Waals surface area contributed by atoms with Crippen molar-refractivity contribution >= 4 is 17.8 Å². The van der Waals surface area contributed by atoms with Gasteiger partial charge in [-0.2, -0.15) is 0 Å². The van der Waals surface area contributed by atoms with E-state index in [1.807, 2.05) is 13.8 Å². The number of carbonyl (C=O) groups excluding carboxylic acids is 2. The van der Waals surface area contributed by atoms with Crippen LogP contribution in [0.3, 0.4) is 0 Å². The Morgan fingerprint density at radius 2 is 1.79 bits per heavy atom. The van der Waals surface area contributed by atoms with Crippen LogP contribution in [0.15, 0.2) is 4.99 Å². The predicted molar refractivity (Wildman–Crippen MR) is 89.0 cm³/mol. The summed E-state index contributed by atoms with van der Waals surface area (Å²) < 4.78 is 0. The first-order chi connectivity index (χ1) is 10.4. The molecular formula is C16H32N3NaO4. The van der Waals surface area contributed by atoms with E-state index in [1.54, 1.807) is 6.92 Å². The molecule has 0 saturated heterocycles. The normalized spacial score (nSPS) is 20.5. The molecule has 0 aromatic heterocycles. The Balaban J connectivity index is -0.000000478. The van der Waals surface area contributed by atoms with Gasteiger partial charge in [-0.15, -0.1) is 0 Å². The molecule has 8 heteroatoms. The van der Waals surface area contributed by atoms with Crippen molar-refractivity contribution in [3.8, 4) is 0 Å². The second-order valence-corrected chi connectivity index (χ2v) is 5.62. The molecule has 1 heterocycles. The number of amides is 2. The number of nitrogens with zero attached hydrogens (tertiary/aromatic N) is 1. The maximum Gasteiger partial charge on any atom is 1.00 e. The van der Waals surface area contributed by atoms with E-state index in [0.29, 0.717) is 13.0 Å². The number of rotatable bonds is 7. The van der Waals surface area contributed by atoms with E-state index in [4.69, 9.17) is 5.11 Å². The summed E-state index contributed by atoms with van der Waals surface area (Å²) in [7, 11) is 0. The summed E-state index contributed by atoms with van der Waals surface area (Å²) >= 11 is 0. The number of nitrogens with one attached hydrogen (secondary N) is 1. The van der Waals surface area contributed by atoms with E-state index >= 15 is 0 Å². The van der Waals surface area contributed by atoms with Crippen molar-refractivity contribution in [3.05, 3.63) is 0 Å². The van der Waals surface area contributed by atoms with Crippen LogP contribution < -0.4 is 46.1 Å². The van der Waals surface area contributed by atoms with Crippen LogP contribution in [0.5, 0.6) is 0 Å².